The number of carbonyl (C=O) groups excluding carboxylic acids is 3. The summed E-state index contributed by atoms with van der Waals surface area (Å²) < 4.78 is 13.0. The molecular formula is C24H26FN3O3. The number of rotatable bonds is 6. The van der Waals surface area contributed by atoms with Gasteiger partial charge in [-0.1, -0.05) is 30.3 Å². The van der Waals surface area contributed by atoms with Gasteiger partial charge in [0.05, 0.1) is 12.5 Å². The van der Waals surface area contributed by atoms with Crippen molar-refractivity contribution in [1.82, 2.24) is 15.1 Å². The lowest BCUT2D eigenvalue weighted by Crippen LogP contribution is -2.50. The molecule has 0 radical (unpaired) electrons. The van der Waals surface area contributed by atoms with Gasteiger partial charge in [-0.25, -0.2) is 4.39 Å². The van der Waals surface area contributed by atoms with Crippen molar-refractivity contribution < 1.29 is 18.8 Å². The quantitative estimate of drug-likeness (QED) is 0.725. The number of hydrogen-bond acceptors (Lipinski definition) is 4. The van der Waals surface area contributed by atoms with Crippen molar-refractivity contribution in [2.75, 3.05) is 19.6 Å². The van der Waals surface area contributed by atoms with Gasteiger partial charge in [-0.05, 0) is 49.1 Å². The van der Waals surface area contributed by atoms with Crippen molar-refractivity contribution in [2.24, 2.45) is 0 Å². The van der Waals surface area contributed by atoms with Crippen LogP contribution in [0.5, 0.6) is 0 Å². The van der Waals surface area contributed by atoms with Gasteiger partial charge in [-0.2, -0.15) is 0 Å². The van der Waals surface area contributed by atoms with Crippen LogP contribution in [0, 0.1) is 5.82 Å². The van der Waals surface area contributed by atoms with Gasteiger partial charge in [-0.15, -0.1) is 0 Å². The van der Waals surface area contributed by atoms with Crippen molar-refractivity contribution in [2.45, 2.75) is 37.8 Å². The molecule has 2 aliphatic heterocycles. The van der Waals surface area contributed by atoms with Crippen LogP contribution in [0.25, 0.3) is 0 Å². The maximum Gasteiger partial charge on any atom is 0.251 e. The first kappa shape index (κ1) is 21.2. The van der Waals surface area contributed by atoms with E-state index in [1.165, 1.54) is 29.2 Å². The normalized spacial score (nSPS) is 20.3. The Morgan fingerprint density at radius 2 is 1.68 bits per heavy atom. The van der Waals surface area contributed by atoms with Crippen LogP contribution in [0.15, 0.2) is 54.6 Å². The van der Waals surface area contributed by atoms with Crippen LogP contribution >= 0.6 is 0 Å². The van der Waals surface area contributed by atoms with Gasteiger partial charge < -0.3 is 5.32 Å². The second kappa shape index (κ2) is 9.39. The third-order valence-electron chi connectivity index (χ3n) is 6.10. The van der Waals surface area contributed by atoms with Crippen molar-refractivity contribution in [3.63, 3.8) is 0 Å². The molecule has 31 heavy (non-hydrogen) atoms. The average molecular weight is 423 g/mol. The van der Waals surface area contributed by atoms with Gasteiger partial charge in [0.1, 0.15) is 5.82 Å². The molecule has 2 heterocycles. The Morgan fingerprint density at radius 3 is 2.35 bits per heavy atom. The zero-order valence-electron chi connectivity index (χ0n) is 17.3. The molecule has 6 nitrogen and oxygen atoms in total. The fourth-order valence-electron chi connectivity index (χ4n) is 4.30. The van der Waals surface area contributed by atoms with Crippen LogP contribution in [0.1, 0.15) is 35.2 Å². The summed E-state index contributed by atoms with van der Waals surface area (Å²) in [5.41, 5.74) is 1.53. The van der Waals surface area contributed by atoms with Crippen LogP contribution in [-0.2, 0) is 16.0 Å². The number of nitrogens with one attached hydrogen (secondary N) is 1. The molecule has 162 valence electrons. The molecule has 0 spiro atoms. The summed E-state index contributed by atoms with van der Waals surface area (Å²) in [7, 11) is 0. The Bertz CT molecular complexity index is 940. The fourth-order valence-corrected chi connectivity index (χ4v) is 4.30. The molecule has 0 aromatic heterocycles. The van der Waals surface area contributed by atoms with Gasteiger partial charge >= 0.3 is 0 Å². The Morgan fingerprint density at radius 1 is 1.00 bits per heavy atom. The number of carbonyl (C=O) groups is 3. The highest BCUT2D eigenvalue weighted by atomic mass is 19.1. The molecular weight excluding hydrogens is 397 g/mol. The number of halogens is 1. The lowest BCUT2D eigenvalue weighted by atomic mass is 10.0. The first-order valence-electron chi connectivity index (χ1n) is 10.7. The van der Waals surface area contributed by atoms with Crippen LogP contribution in [0.2, 0.25) is 0 Å². The lowest BCUT2D eigenvalue weighted by Gasteiger charge is -2.35. The van der Waals surface area contributed by atoms with E-state index in [4.69, 9.17) is 0 Å². The zero-order valence-corrected chi connectivity index (χ0v) is 17.3. The number of amides is 3. The highest BCUT2D eigenvalue weighted by Crippen LogP contribution is 2.23. The summed E-state index contributed by atoms with van der Waals surface area (Å²) in [4.78, 5) is 41.1. The molecule has 7 heteroatoms. The van der Waals surface area contributed by atoms with Crippen LogP contribution in [0.4, 0.5) is 4.39 Å². The van der Waals surface area contributed by atoms with E-state index in [9.17, 15) is 18.8 Å². The molecule has 2 aromatic carbocycles. The number of benzene rings is 2. The minimum Gasteiger partial charge on any atom is -0.349 e. The second-order valence-corrected chi connectivity index (χ2v) is 8.13. The Kier molecular flexibility index (Phi) is 6.42. The van der Waals surface area contributed by atoms with Gasteiger partial charge in [0.2, 0.25) is 11.8 Å². The van der Waals surface area contributed by atoms with Crippen molar-refractivity contribution in [3.8, 4) is 0 Å². The topological polar surface area (TPSA) is 69.7 Å². The first-order valence-corrected chi connectivity index (χ1v) is 10.7. The predicted molar refractivity (Wildman–Crippen MR) is 114 cm³/mol. The minimum absolute atomic E-state index is 0.00445. The van der Waals surface area contributed by atoms with E-state index in [1.54, 1.807) is 0 Å². The predicted octanol–water partition coefficient (Wildman–Crippen LogP) is 2.39. The summed E-state index contributed by atoms with van der Waals surface area (Å²) in [6.45, 7) is 1.69. The molecule has 2 aromatic rings. The van der Waals surface area contributed by atoms with Crippen LogP contribution in [-0.4, -0.2) is 59.2 Å². The van der Waals surface area contributed by atoms with Crippen LogP contribution < -0.4 is 5.32 Å². The number of imide groups is 1. The second-order valence-electron chi connectivity index (χ2n) is 8.13. The number of likely N-dealkylation sites (tertiary alicyclic amines) is 2. The highest BCUT2D eigenvalue weighted by Gasteiger charge is 2.42. The Balaban J connectivity index is 1.27. The average Bonchev–Trinajstić information content (AvgIpc) is 3.07. The van der Waals surface area contributed by atoms with E-state index in [2.05, 4.69) is 10.2 Å². The Hall–Kier alpha value is -3.06. The van der Waals surface area contributed by atoms with Crippen molar-refractivity contribution in [1.29, 1.82) is 0 Å². The van der Waals surface area contributed by atoms with Gasteiger partial charge in [-0.3, -0.25) is 24.2 Å². The van der Waals surface area contributed by atoms with Crippen molar-refractivity contribution in [3.05, 3.63) is 71.5 Å². The smallest absolute Gasteiger partial charge is 0.251 e. The van der Waals surface area contributed by atoms with E-state index < -0.39 is 6.04 Å². The van der Waals surface area contributed by atoms with Gasteiger partial charge in [0.25, 0.3) is 5.91 Å². The van der Waals surface area contributed by atoms with E-state index in [0.29, 0.717) is 44.5 Å². The summed E-state index contributed by atoms with van der Waals surface area (Å²) >= 11 is 0. The molecule has 2 saturated heterocycles. The third kappa shape index (κ3) is 4.99. The number of nitrogens with zero attached hydrogens (tertiary/aromatic N) is 2. The largest absolute Gasteiger partial charge is 0.349 e. The van der Waals surface area contributed by atoms with E-state index in [0.717, 1.165) is 5.56 Å². The highest BCUT2D eigenvalue weighted by molar-refractivity contribution is 6.05. The maximum absolute atomic E-state index is 13.0. The van der Waals surface area contributed by atoms with E-state index >= 15 is 0 Å². The number of hydrogen-bond donors (Lipinski definition) is 1. The lowest BCUT2D eigenvalue weighted by molar-refractivity contribution is -0.139. The summed E-state index contributed by atoms with van der Waals surface area (Å²) in [5.74, 6) is -0.830. The standard InChI is InChI=1S/C24H26FN3O3/c25-19-8-6-18(7-9-19)23(30)26-20-11-13-27(14-12-20)21-16-22(29)28(24(21)31)15-10-17-4-2-1-3-5-17/h1-9,20-21H,10-16H2,(H,26,30). The molecule has 1 N–H and O–H groups in total. The monoisotopic (exact) mass is 423 g/mol. The summed E-state index contributed by atoms with van der Waals surface area (Å²) in [6.07, 6.45) is 2.28. The molecule has 0 saturated carbocycles. The molecule has 4 rings (SSSR count). The maximum atomic E-state index is 13.0. The van der Waals surface area contributed by atoms with Crippen molar-refractivity contribution >= 4 is 17.7 Å². The van der Waals surface area contributed by atoms with E-state index in [-0.39, 0.29) is 36.0 Å². The minimum atomic E-state index is -0.406. The van der Waals surface area contributed by atoms with E-state index in [1.807, 2.05) is 30.3 Å². The summed E-state index contributed by atoms with van der Waals surface area (Å²) in [5, 5.41) is 2.98. The molecule has 1 unspecified atom stereocenters. The molecule has 0 bridgehead atoms. The van der Waals surface area contributed by atoms with Crippen LogP contribution in [0.3, 0.4) is 0 Å². The number of piperidine rings is 1. The molecule has 2 fully saturated rings. The zero-order chi connectivity index (χ0) is 21.8. The molecule has 1 atom stereocenters. The molecule has 3 amide bonds. The van der Waals surface area contributed by atoms with Gasteiger partial charge in [0, 0.05) is 31.2 Å². The summed E-state index contributed by atoms with van der Waals surface area (Å²) in [6, 6.07) is 14.9. The third-order valence-corrected chi connectivity index (χ3v) is 6.10. The molecule has 0 aliphatic carbocycles. The Labute approximate surface area is 181 Å². The van der Waals surface area contributed by atoms with Gasteiger partial charge in [0.15, 0.2) is 0 Å². The first-order chi connectivity index (χ1) is 15.0. The fraction of sp³-hybridized carbons (Fsp3) is 0.375. The SMILES string of the molecule is O=C(NC1CCN(C2CC(=O)N(CCc3ccccc3)C2=O)CC1)c1ccc(F)cc1. The molecule has 2 aliphatic rings.